The number of halogens is 4. The van der Waals surface area contributed by atoms with Crippen LogP contribution in [0.5, 0.6) is 5.75 Å². The molecular weight excluding hydrogens is 317 g/mol. The third-order valence-corrected chi connectivity index (χ3v) is 3.65. The van der Waals surface area contributed by atoms with E-state index in [4.69, 9.17) is 4.74 Å². The smallest absolute Gasteiger partial charge is 0.416 e. The molecule has 1 heterocycles. The van der Waals surface area contributed by atoms with Gasteiger partial charge < -0.3 is 10.1 Å². The average Bonchev–Trinajstić information content (AvgIpc) is 2.48. The van der Waals surface area contributed by atoms with Crippen molar-refractivity contribution >= 4 is 12.4 Å². The van der Waals surface area contributed by atoms with Gasteiger partial charge in [-0.3, -0.25) is 4.90 Å². The fraction of sp³-hybridized carbons (Fsp3) is 0.467. The molecule has 0 bridgehead atoms. The van der Waals surface area contributed by atoms with E-state index in [1.807, 2.05) is 4.90 Å². The molecule has 7 heteroatoms. The Morgan fingerprint density at radius 2 is 1.95 bits per heavy atom. The molecule has 124 valence electrons. The Morgan fingerprint density at radius 3 is 2.45 bits per heavy atom. The van der Waals surface area contributed by atoms with E-state index in [2.05, 4.69) is 11.9 Å². The lowest BCUT2D eigenvalue weighted by atomic mass is 9.97. The van der Waals surface area contributed by atoms with Crippen LogP contribution in [-0.4, -0.2) is 38.2 Å². The Bertz CT molecular complexity index is 502. The van der Waals surface area contributed by atoms with E-state index in [9.17, 15) is 13.2 Å². The monoisotopic (exact) mass is 336 g/mol. The molecule has 22 heavy (non-hydrogen) atoms. The average molecular weight is 337 g/mol. The van der Waals surface area contributed by atoms with E-state index < -0.39 is 17.8 Å². The molecule has 1 aliphatic heterocycles. The van der Waals surface area contributed by atoms with Gasteiger partial charge in [-0.25, -0.2) is 0 Å². The SMILES string of the molecule is C=C[C@H](c1ccc(OC)cc1C(F)(F)F)N1CCNCC1.Cl. The van der Waals surface area contributed by atoms with Crippen molar-refractivity contribution in [1.29, 1.82) is 0 Å². The number of alkyl halides is 3. The summed E-state index contributed by atoms with van der Waals surface area (Å²) in [6.45, 7) is 6.64. The zero-order valence-corrected chi connectivity index (χ0v) is 13.1. The molecule has 0 radical (unpaired) electrons. The third kappa shape index (κ3) is 4.15. The molecule has 0 aromatic heterocycles. The van der Waals surface area contributed by atoms with Gasteiger partial charge in [0.1, 0.15) is 5.75 Å². The Hall–Kier alpha value is -1.24. The number of hydrogen-bond donors (Lipinski definition) is 1. The number of nitrogens with one attached hydrogen (secondary N) is 1. The van der Waals surface area contributed by atoms with Gasteiger partial charge in [0.15, 0.2) is 0 Å². The molecule has 2 rings (SSSR count). The van der Waals surface area contributed by atoms with E-state index >= 15 is 0 Å². The molecule has 1 aliphatic rings. The van der Waals surface area contributed by atoms with Gasteiger partial charge in [0, 0.05) is 26.2 Å². The summed E-state index contributed by atoms with van der Waals surface area (Å²) in [4.78, 5) is 2.00. The maximum atomic E-state index is 13.3. The quantitative estimate of drug-likeness (QED) is 0.854. The normalized spacial score (nSPS) is 17.5. The minimum Gasteiger partial charge on any atom is -0.497 e. The number of ether oxygens (including phenoxy) is 1. The zero-order chi connectivity index (χ0) is 15.5. The number of piperazine rings is 1. The van der Waals surface area contributed by atoms with E-state index in [0.29, 0.717) is 13.1 Å². The second-order valence-corrected chi connectivity index (χ2v) is 4.92. The van der Waals surface area contributed by atoms with Crippen molar-refractivity contribution in [3.63, 3.8) is 0 Å². The maximum Gasteiger partial charge on any atom is 0.416 e. The molecule has 1 N–H and O–H groups in total. The first-order valence-electron chi connectivity index (χ1n) is 6.80. The van der Waals surface area contributed by atoms with Crippen LogP contribution in [0.25, 0.3) is 0 Å². The lowest BCUT2D eigenvalue weighted by molar-refractivity contribution is -0.138. The molecule has 0 saturated carbocycles. The van der Waals surface area contributed by atoms with E-state index in [1.165, 1.54) is 13.2 Å². The molecule has 1 aromatic rings. The molecule has 0 aliphatic carbocycles. The van der Waals surface area contributed by atoms with Gasteiger partial charge in [0.05, 0.1) is 18.7 Å². The summed E-state index contributed by atoms with van der Waals surface area (Å²) in [5.74, 6) is 0.203. The van der Waals surface area contributed by atoms with E-state index in [1.54, 1.807) is 12.1 Å². The predicted molar refractivity (Wildman–Crippen MR) is 82.6 cm³/mol. The zero-order valence-electron chi connectivity index (χ0n) is 12.3. The van der Waals surface area contributed by atoms with Gasteiger partial charge in [0.25, 0.3) is 0 Å². The minimum absolute atomic E-state index is 0. The van der Waals surface area contributed by atoms with Crippen molar-refractivity contribution in [3.05, 3.63) is 42.0 Å². The molecule has 1 fully saturated rings. The van der Waals surface area contributed by atoms with Gasteiger partial charge in [-0.05, 0) is 17.7 Å². The Morgan fingerprint density at radius 1 is 1.32 bits per heavy atom. The van der Waals surface area contributed by atoms with Crippen LogP contribution in [0.1, 0.15) is 17.2 Å². The Kier molecular flexibility index (Phi) is 6.71. The predicted octanol–water partition coefficient (Wildman–Crippen LogP) is 3.27. The van der Waals surface area contributed by atoms with E-state index in [0.717, 1.165) is 19.2 Å². The first kappa shape index (κ1) is 18.8. The van der Waals surface area contributed by atoms with Crippen LogP contribution >= 0.6 is 12.4 Å². The van der Waals surface area contributed by atoms with Crippen LogP contribution < -0.4 is 10.1 Å². The topological polar surface area (TPSA) is 24.5 Å². The standard InChI is InChI=1S/C15H19F3N2O.ClH/c1-3-14(20-8-6-19-7-9-20)12-5-4-11(21-2)10-13(12)15(16,17)18;/h3-5,10,14,19H,1,6-9H2,2H3;1H/t14-;/m1./s1. The fourth-order valence-corrected chi connectivity index (χ4v) is 2.60. The van der Waals surface area contributed by atoms with Crippen molar-refractivity contribution in [3.8, 4) is 5.75 Å². The van der Waals surface area contributed by atoms with Crippen LogP contribution in [-0.2, 0) is 6.18 Å². The van der Waals surface area contributed by atoms with Crippen LogP contribution in [0, 0.1) is 0 Å². The molecule has 3 nitrogen and oxygen atoms in total. The van der Waals surface area contributed by atoms with Gasteiger partial charge in [-0.2, -0.15) is 13.2 Å². The molecule has 0 spiro atoms. The van der Waals surface area contributed by atoms with Gasteiger partial charge in [0.2, 0.25) is 0 Å². The van der Waals surface area contributed by atoms with Crippen molar-refractivity contribution in [2.45, 2.75) is 12.2 Å². The Labute approximate surface area is 134 Å². The number of methoxy groups -OCH3 is 1. The molecule has 0 unspecified atom stereocenters. The highest BCUT2D eigenvalue weighted by Gasteiger charge is 2.36. The van der Waals surface area contributed by atoms with Crippen LogP contribution in [0.15, 0.2) is 30.9 Å². The molecule has 1 aromatic carbocycles. The van der Waals surface area contributed by atoms with Crippen LogP contribution in [0.2, 0.25) is 0 Å². The summed E-state index contributed by atoms with van der Waals surface area (Å²) < 4.78 is 44.8. The molecule has 1 saturated heterocycles. The highest BCUT2D eigenvalue weighted by atomic mass is 35.5. The van der Waals surface area contributed by atoms with E-state index in [-0.39, 0.29) is 23.7 Å². The summed E-state index contributed by atoms with van der Waals surface area (Å²) >= 11 is 0. The van der Waals surface area contributed by atoms with Crippen LogP contribution in [0.3, 0.4) is 0 Å². The maximum absolute atomic E-state index is 13.3. The summed E-state index contributed by atoms with van der Waals surface area (Å²) in [7, 11) is 1.36. The second-order valence-electron chi connectivity index (χ2n) is 4.92. The van der Waals surface area contributed by atoms with Gasteiger partial charge in [-0.1, -0.05) is 12.1 Å². The second kappa shape index (κ2) is 7.85. The summed E-state index contributed by atoms with van der Waals surface area (Å²) in [6, 6.07) is 3.64. The first-order valence-corrected chi connectivity index (χ1v) is 6.80. The van der Waals surface area contributed by atoms with Crippen molar-refractivity contribution in [2.24, 2.45) is 0 Å². The number of benzene rings is 1. The highest BCUT2D eigenvalue weighted by Crippen LogP contribution is 2.38. The Balaban J connectivity index is 0.00000242. The number of hydrogen-bond acceptors (Lipinski definition) is 3. The molecule has 0 amide bonds. The lowest BCUT2D eigenvalue weighted by Gasteiger charge is -2.34. The van der Waals surface area contributed by atoms with Crippen LogP contribution in [0.4, 0.5) is 13.2 Å². The first-order chi connectivity index (χ1) is 9.97. The largest absolute Gasteiger partial charge is 0.497 e. The van der Waals surface area contributed by atoms with Crippen molar-refractivity contribution in [2.75, 3.05) is 33.3 Å². The highest BCUT2D eigenvalue weighted by molar-refractivity contribution is 5.85. The van der Waals surface area contributed by atoms with Gasteiger partial charge in [-0.15, -0.1) is 19.0 Å². The fourth-order valence-electron chi connectivity index (χ4n) is 2.60. The molecular formula is C15H20ClF3N2O. The van der Waals surface area contributed by atoms with Crippen molar-refractivity contribution < 1.29 is 17.9 Å². The summed E-state index contributed by atoms with van der Waals surface area (Å²) in [6.07, 6.45) is -2.85. The van der Waals surface area contributed by atoms with Crippen molar-refractivity contribution in [1.82, 2.24) is 10.2 Å². The third-order valence-electron chi connectivity index (χ3n) is 3.65. The number of nitrogens with zero attached hydrogens (tertiary/aromatic N) is 1. The minimum atomic E-state index is -4.42. The van der Waals surface area contributed by atoms with Gasteiger partial charge >= 0.3 is 6.18 Å². The lowest BCUT2D eigenvalue weighted by Crippen LogP contribution is -2.45. The molecule has 1 atom stereocenters. The number of rotatable bonds is 4. The summed E-state index contributed by atoms with van der Waals surface area (Å²) in [5.41, 5.74) is -0.439. The summed E-state index contributed by atoms with van der Waals surface area (Å²) in [5, 5.41) is 3.19.